The summed E-state index contributed by atoms with van der Waals surface area (Å²) < 4.78 is 24.0. The Morgan fingerprint density at radius 1 is 1.18 bits per heavy atom. The molecule has 17 heavy (non-hydrogen) atoms. The third-order valence-corrected chi connectivity index (χ3v) is 2.28. The Bertz CT molecular complexity index is 361. The molecule has 0 aliphatic heterocycles. The van der Waals surface area contributed by atoms with Crippen molar-refractivity contribution >= 4 is 11.6 Å². The van der Waals surface area contributed by atoms with Crippen molar-refractivity contribution in [1.29, 1.82) is 0 Å². The summed E-state index contributed by atoms with van der Waals surface area (Å²) in [5, 5.41) is 0. The molecule has 0 N–H and O–H groups in total. The lowest BCUT2D eigenvalue weighted by Crippen LogP contribution is -2.22. The molecule has 0 spiro atoms. The van der Waals surface area contributed by atoms with Crippen LogP contribution in [0.4, 0.5) is 4.39 Å². The Hall–Kier alpha value is -0.800. The van der Waals surface area contributed by atoms with Gasteiger partial charge in [0.1, 0.15) is 18.2 Å². The smallest absolute Gasteiger partial charge is 0.127 e. The predicted octanol–water partition coefficient (Wildman–Crippen LogP) is 3.76. The van der Waals surface area contributed by atoms with Crippen LogP contribution in [0, 0.1) is 5.82 Å². The van der Waals surface area contributed by atoms with Crippen LogP contribution >= 0.6 is 11.6 Å². The molecular weight excluding hydrogens is 243 g/mol. The molecular formula is C13H18ClFO2. The monoisotopic (exact) mass is 260 g/mol. The fourth-order valence-electron chi connectivity index (χ4n) is 1.29. The third kappa shape index (κ3) is 5.89. The second-order valence-electron chi connectivity index (χ2n) is 4.74. The molecule has 0 aliphatic rings. The van der Waals surface area contributed by atoms with E-state index in [-0.39, 0.29) is 17.3 Å². The normalized spacial score (nSPS) is 11.6. The van der Waals surface area contributed by atoms with E-state index in [1.54, 1.807) is 6.07 Å². The van der Waals surface area contributed by atoms with Crippen LogP contribution in [0.1, 0.15) is 26.3 Å². The highest BCUT2D eigenvalue weighted by molar-refractivity contribution is 6.17. The van der Waals surface area contributed by atoms with Crippen molar-refractivity contribution in [2.45, 2.75) is 32.3 Å². The summed E-state index contributed by atoms with van der Waals surface area (Å²) in [6.07, 6.45) is 0. The highest BCUT2D eigenvalue weighted by Gasteiger charge is 2.09. The Kier molecular flexibility index (Phi) is 5.22. The van der Waals surface area contributed by atoms with Crippen LogP contribution in [0.25, 0.3) is 0 Å². The molecule has 1 rings (SSSR count). The summed E-state index contributed by atoms with van der Waals surface area (Å²) in [7, 11) is 0. The molecule has 0 unspecified atom stereocenters. The molecule has 0 fully saturated rings. The first-order chi connectivity index (χ1) is 7.90. The van der Waals surface area contributed by atoms with Crippen molar-refractivity contribution in [1.82, 2.24) is 0 Å². The minimum Gasteiger partial charge on any atom is -0.491 e. The summed E-state index contributed by atoms with van der Waals surface area (Å²) in [6, 6.07) is 4.46. The molecule has 4 heteroatoms. The zero-order chi connectivity index (χ0) is 12.9. The molecule has 0 bridgehead atoms. The third-order valence-electron chi connectivity index (χ3n) is 1.97. The summed E-state index contributed by atoms with van der Waals surface area (Å²) in [5.74, 6) is 0.417. The van der Waals surface area contributed by atoms with E-state index < -0.39 is 0 Å². The average molecular weight is 261 g/mol. The van der Waals surface area contributed by atoms with Gasteiger partial charge in [-0.2, -0.15) is 0 Å². The first-order valence-corrected chi connectivity index (χ1v) is 6.06. The highest BCUT2D eigenvalue weighted by atomic mass is 35.5. The number of hydrogen-bond acceptors (Lipinski definition) is 2. The van der Waals surface area contributed by atoms with E-state index >= 15 is 0 Å². The summed E-state index contributed by atoms with van der Waals surface area (Å²) in [5.41, 5.74) is 0.519. The molecule has 0 saturated heterocycles. The molecule has 0 heterocycles. The Labute approximate surface area is 107 Å². The molecule has 0 amide bonds. The van der Waals surface area contributed by atoms with Crippen molar-refractivity contribution in [2.75, 3.05) is 13.2 Å². The van der Waals surface area contributed by atoms with E-state index in [2.05, 4.69) is 0 Å². The predicted molar refractivity (Wildman–Crippen MR) is 67.2 cm³/mol. The van der Waals surface area contributed by atoms with Gasteiger partial charge in [0.25, 0.3) is 0 Å². The van der Waals surface area contributed by atoms with Crippen LogP contribution in [0.5, 0.6) is 5.75 Å². The van der Waals surface area contributed by atoms with Crippen LogP contribution in [0.15, 0.2) is 18.2 Å². The van der Waals surface area contributed by atoms with Gasteiger partial charge in [-0.1, -0.05) is 0 Å². The number of hydrogen-bond donors (Lipinski definition) is 0. The van der Waals surface area contributed by atoms with Crippen molar-refractivity contribution in [3.8, 4) is 5.75 Å². The minimum absolute atomic E-state index is 0.188. The Balaban J connectivity index is 2.44. The lowest BCUT2D eigenvalue weighted by Gasteiger charge is -2.19. The Morgan fingerprint density at radius 2 is 1.88 bits per heavy atom. The van der Waals surface area contributed by atoms with Crippen LogP contribution in [-0.4, -0.2) is 18.8 Å². The molecule has 1 aromatic carbocycles. The summed E-state index contributed by atoms with van der Waals surface area (Å²) in [6.45, 7) is 6.78. The zero-order valence-corrected chi connectivity index (χ0v) is 11.2. The van der Waals surface area contributed by atoms with Gasteiger partial charge in [0.15, 0.2) is 0 Å². The average Bonchev–Trinajstić information content (AvgIpc) is 2.22. The number of benzene rings is 1. The van der Waals surface area contributed by atoms with E-state index in [4.69, 9.17) is 21.1 Å². The molecule has 0 saturated carbocycles. The second kappa shape index (κ2) is 6.22. The van der Waals surface area contributed by atoms with E-state index in [0.29, 0.717) is 24.5 Å². The number of rotatable bonds is 5. The summed E-state index contributed by atoms with van der Waals surface area (Å²) >= 11 is 5.65. The summed E-state index contributed by atoms with van der Waals surface area (Å²) in [4.78, 5) is 0. The highest BCUT2D eigenvalue weighted by Crippen LogP contribution is 2.18. The zero-order valence-electron chi connectivity index (χ0n) is 10.4. The first-order valence-electron chi connectivity index (χ1n) is 5.53. The molecule has 2 nitrogen and oxygen atoms in total. The van der Waals surface area contributed by atoms with Crippen LogP contribution in [-0.2, 0) is 10.6 Å². The molecule has 1 aromatic rings. The van der Waals surface area contributed by atoms with Crippen LogP contribution in [0.3, 0.4) is 0 Å². The molecule has 0 atom stereocenters. The first kappa shape index (κ1) is 14.3. The van der Waals surface area contributed by atoms with E-state index in [1.165, 1.54) is 12.1 Å². The van der Waals surface area contributed by atoms with Gasteiger partial charge in [0.2, 0.25) is 0 Å². The minimum atomic E-state index is -0.338. The van der Waals surface area contributed by atoms with Gasteiger partial charge >= 0.3 is 0 Å². The van der Waals surface area contributed by atoms with Gasteiger partial charge in [-0.05, 0) is 38.5 Å². The number of halogens is 2. The fourth-order valence-corrected chi connectivity index (χ4v) is 1.44. The SMILES string of the molecule is CC(C)(C)OCCOc1cc(F)cc(CCl)c1. The topological polar surface area (TPSA) is 18.5 Å². The standard InChI is InChI=1S/C13H18ClFO2/c1-13(2,3)17-5-4-16-12-7-10(9-14)6-11(15)8-12/h6-8H,4-5,9H2,1-3H3. The Morgan fingerprint density at radius 3 is 2.47 bits per heavy atom. The van der Waals surface area contributed by atoms with Crippen LogP contribution < -0.4 is 4.74 Å². The molecule has 0 aromatic heterocycles. The number of alkyl halides is 1. The van der Waals surface area contributed by atoms with Gasteiger partial charge < -0.3 is 9.47 Å². The van der Waals surface area contributed by atoms with Gasteiger partial charge in [-0.25, -0.2) is 4.39 Å². The van der Waals surface area contributed by atoms with Gasteiger partial charge in [-0.15, -0.1) is 11.6 Å². The van der Waals surface area contributed by atoms with Gasteiger partial charge in [0, 0.05) is 11.9 Å². The van der Waals surface area contributed by atoms with Crippen molar-refractivity contribution in [3.63, 3.8) is 0 Å². The fraction of sp³-hybridized carbons (Fsp3) is 0.538. The van der Waals surface area contributed by atoms with Crippen molar-refractivity contribution < 1.29 is 13.9 Å². The van der Waals surface area contributed by atoms with E-state index in [9.17, 15) is 4.39 Å². The maximum Gasteiger partial charge on any atom is 0.127 e. The lowest BCUT2D eigenvalue weighted by atomic mass is 10.2. The van der Waals surface area contributed by atoms with Crippen LogP contribution in [0.2, 0.25) is 0 Å². The van der Waals surface area contributed by atoms with Gasteiger partial charge in [-0.3, -0.25) is 0 Å². The number of ether oxygens (including phenoxy) is 2. The largest absolute Gasteiger partial charge is 0.491 e. The maximum absolute atomic E-state index is 13.1. The molecule has 0 radical (unpaired) electrons. The van der Waals surface area contributed by atoms with Crippen molar-refractivity contribution in [2.24, 2.45) is 0 Å². The van der Waals surface area contributed by atoms with E-state index in [0.717, 1.165) is 0 Å². The quantitative estimate of drug-likeness (QED) is 0.593. The second-order valence-corrected chi connectivity index (χ2v) is 5.01. The van der Waals surface area contributed by atoms with Gasteiger partial charge in [0.05, 0.1) is 12.2 Å². The van der Waals surface area contributed by atoms with Crippen molar-refractivity contribution in [3.05, 3.63) is 29.6 Å². The molecule has 0 aliphatic carbocycles. The maximum atomic E-state index is 13.1. The van der Waals surface area contributed by atoms with E-state index in [1.807, 2.05) is 20.8 Å². The lowest BCUT2D eigenvalue weighted by molar-refractivity contribution is -0.0163. The molecule has 96 valence electrons.